The van der Waals surface area contributed by atoms with E-state index in [2.05, 4.69) is 38.6 Å². The second-order valence-corrected chi connectivity index (χ2v) is 7.66. The quantitative estimate of drug-likeness (QED) is 0.880. The standard InChI is InChI=1S/C20H26N6O/c1-6-14-10-12-25(13-15(14)7-2)17(16-9-8-11-21-19(16)27)18-22-23-24-26(18)20(3,4)5/h6-9,11,17H,1-2,10,12-13H2,3-5H3,(H,21,27). The second-order valence-electron chi connectivity index (χ2n) is 7.66. The highest BCUT2D eigenvalue weighted by atomic mass is 16.1. The molecule has 0 saturated heterocycles. The Morgan fingerprint density at radius 2 is 2.00 bits per heavy atom. The molecule has 0 saturated carbocycles. The number of hydrogen-bond acceptors (Lipinski definition) is 5. The zero-order valence-electron chi connectivity index (χ0n) is 16.1. The molecule has 1 aliphatic rings. The molecular weight excluding hydrogens is 340 g/mol. The van der Waals surface area contributed by atoms with Crippen LogP contribution in [-0.2, 0) is 5.54 Å². The monoisotopic (exact) mass is 366 g/mol. The number of tetrazole rings is 1. The van der Waals surface area contributed by atoms with Crippen molar-refractivity contribution in [2.24, 2.45) is 0 Å². The van der Waals surface area contributed by atoms with Crippen LogP contribution in [0.3, 0.4) is 0 Å². The van der Waals surface area contributed by atoms with Gasteiger partial charge in [0.1, 0.15) is 6.04 Å². The van der Waals surface area contributed by atoms with Crippen LogP contribution in [0.5, 0.6) is 0 Å². The molecule has 0 radical (unpaired) electrons. The molecule has 2 aromatic heterocycles. The summed E-state index contributed by atoms with van der Waals surface area (Å²) < 4.78 is 1.80. The van der Waals surface area contributed by atoms with E-state index >= 15 is 0 Å². The molecule has 2 aromatic rings. The third kappa shape index (κ3) is 3.68. The normalized spacial score (nSPS) is 17.0. The maximum atomic E-state index is 12.6. The molecule has 3 heterocycles. The number of aromatic amines is 1. The first-order chi connectivity index (χ1) is 12.9. The van der Waals surface area contributed by atoms with E-state index in [1.54, 1.807) is 10.9 Å². The van der Waals surface area contributed by atoms with E-state index in [9.17, 15) is 4.79 Å². The predicted molar refractivity (Wildman–Crippen MR) is 105 cm³/mol. The van der Waals surface area contributed by atoms with Gasteiger partial charge in [-0.2, -0.15) is 0 Å². The lowest BCUT2D eigenvalue weighted by atomic mass is 9.96. The zero-order valence-corrected chi connectivity index (χ0v) is 16.1. The summed E-state index contributed by atoms with van der Waals surface area (Å²) in [6.07, 6.45) is 6.22. The minimum atomic E-state index is -0.356. The molecule has 27 heavy (non-hydrogen) atoms. The number of rotatable bonds is 5. The van der Waals surface area contributed by atoms with Crippen molar-refractivity contribution in [3.63, 3.8) is 0 Å². The summed E-state index contributed by atoms with van der Waals surface area (Å²) in [6.45, 7) is 15.4. The van der Waals surface area contributed by atoms with Gasteiger partial charge in [0.05, 0.1) is 5.54 Å². The van der Waals surface area contributed by atoms with E-state index in [-0.39, 0.29) is 17.1 Å². The Morgan fingerprint density at radius 3 is 2.63 bits per heavy atom. The van der Waals surface area contributed by atoms with Gasteiger partial charge in [-0.25, -0.2) is 4.68 Å². The molecule has 7 nitrogen and oxygen atoms in total. The fraction of sp³-hybridized carbons (Fsp3) is 0.400. The van der Waals surface area contributed by atoms with Gasteiger partial charge in [-0.3, -0.25) is 9.69 Å². The molecule has 1 atom stereocenters. The Kier molecular flexibility index (Phi) is 5.23. The SMILES string of the molecule is C=CC1=C(C=C)CN(C(c2ccc[nH]c2=O)c2nnnn2C(C)(C)C)CC1. The van der Waals surface area contributed by atoms with Gasteiger partial charge < -0.3 is 4.98 Å². The van der Waals surface area contributed by atoms with Crippen LogP contribution in [0, 0.1) is 0 Å². The number of hydrogen-bond donors (Lipinski definition) is 1. The fourth-order valence-electron chi connectivity index (χ4n) is 3.46. The lowest BCUT2D eigenvalue weighted by Gasteiger charge is -2.36. The summed E-state index contributed by atoms with van der Waals surface area (Å²) in [5.41, 5.74) is 2.49. The Hall–Kier alpha value is -2.80. The lowest BCUT2D eigenvalue weighted by Crippen LogP contribution is -2.40. The number of pyridine rings is 1. The molecule has 0 bridgehead atoms. The lowest BCUT2D eigenvalue weighted by molar-refractivity contribution is 0.211. The Bertz CT molecular complexity index is 930. The van der Waals surface area contributed by atoms with Crippen LogP contribution >= 0.6 is 0 Å². The molecule has 0 fully saturated rings. The van der Waals surface area contributed by atoms with Crippen molar-refractivity contribution in [3.05, 3.63) is 76.5 Å². The maximum absolute atomic E-state index is 12.6. The van der Waals surface area contributed by atoms with E-state index in [4.69, 9.17) is 0 Å². The number of allylic oxidation sites excluding steroid dienone is 1. The maximum Gasteiger partial charge on any atom is 0.253 e. The molecule has 0 aliphatic carbocycles. The van der Waals surface area contributed by atoms with Gasteiger partial charge in [-0.15, -0.1) is 5.10 Å². The third-order valence-electron chi connectivity index (χ3n) is 4.83. The molecule has 1 aliphatic heterocycles. The summed E-state index contributed by atoms with van der Waals surface area (Å²) in [4.78, 5) is 17.6. The topological polar surface area (TPSA) is 79.7 Å². The number of aromatic nitrogens is 5. The van der Waals surface area contributed by atoms with Crippen LogP contribution in [0.1, 0.15) is 44.6 Å². The van der Waals surface area contributed by atoms with Gasteiger partial charge >= 0.3 is 0 Å². The van der Waals surface area contributed by atoms with Crippen LogP contribution in [0.15, 0.2) is 59.6 Å². The zero-order chi connectivity index (χ0) is 19.6. The van der Waals surface area contributed by atoms with Crippen molar-refractivity contribution in [1.82, 2.24) is 30.1 Å². The summed E-state index contributed by atoms with van der Waals surface area (Å²) in [5, 5.41) is 12.4. The van der Waals surface area contributed by atoms with Gasteiger partial charge in [0, 0.05) is 24.8 Å². The molecule has 0 aromatic carbocycles. The molecular formula is C20H26N6O. The number of nitrogens with zero attached hydrogens (tertiary/aromatic N) is 5. The molecule has 142 valence electrons. The number of H-pyrrole nitrogens is 1. The van der Waals surface area contributed by atoms with Crippen molar-refractivity contribution in [3.8, 4) is 0 Å². The van der Waals surface area contributed by atoms with Crippen LogP contribution < -0.4 is 5.56 Å². The van der Waals surface area contributed by atoms with Crippen molar-refractivity contribution in [2.75, 3.05) is 13.1 Å². The van der Waals surface area contributed by atoms with Gasteiger partial charge in [0.15, 0.2) is 5.82 Å². The van der Waals surface area contributed by atoms with E-state index < -0.39 is 0 Å². The van der Waals surface area contributed by atoms with E-state index in [1.165, 1.54) is 5.57 Å². The summed E-state index contributed by atoms with van der Waals surface area (Å²) in [5.74, 6) is 0.657. The average molecular weight is 366 g/mol. The average Bonchev–Trinajstić information content (AvgIpc) is 3.13. The Morgan fingerprint density at radius 1 is 1.26 bits per heavy atom. The van der Waals surface area contributed by atoms with Crippen LogP contribution in [0.4, 0.5) is 0 Å². The van der Waals surface area contributed by atoms with Crippen molar-refractivity contribution in [1.29, 1.82) is 0 Å². The summed E-state index contributed by atoms with van der Waals surface area (Å²) in [7, 11) is 0. The second kappa shape index (κ2) is 7.44. The van der Waals surface area contributed by atoms with Gasteiger partial charge in [-0.05, 0) is 54.8 Å². The highest BCUT2D eigenvalue weighted by Crippen LogP contribution is 2.32. The van der Waals surface area contributed by atoms with E-state index in [1.807, 2.05) is 45.1 Å². The summed E-state index contributed by atoms with van der Waals surface area (Å²) in [6, 6.07) is 3.31. The highest BCUT2D eigenvalue weighted by Gasteiger charge is 2.34. The smallest absolute Gasteiger partial charge is 0.253 e. The first-order valence-corrected chi connectivity index (χ1v) is 9.04. The molecule has 1 N–H and O–H groups in total. The van der Waals surface area contributed by atoms with Crippen molar-refractivity contribution >= 4 is 0 Å². The summed E-state index contributed by atoms with van der Waals surface area (Å²) >= 11 is 0. The highest BCUT2D eigenvalue weighted by molar-refractivity contribution is 5.36. The first-order valence-electron chi connectivity index (χ1n) is 9.04. The minimum Gasteiger partial charge on any atom is -0.329 e. The fourth-order valence-corrected chi connectivity index (χ4v) is 3.46. The Labute approximate surface area is 159 Å². The third-order valence-corrected chi connectivity index (χ3v) is 4.83. The van der Waals surface area contributed by atoms with Crippen molar-refractivity contribution < 1.29 is 0 Å². The largest absolute Gasteiger partial charge is 0.329 e. The first kappa shape index (κ1) is 19.0. The van der Waals surface area contributed by atoms with Gasteiger partial charge in [-0.1, -0.05) is 31.4 Å². The minimum absolute atomic E-state index is 0.135. The predicted octanol–water partition coefficient (Wildman–Crippen LogP) is 2.58. The Balaban J connectivity index is 2.14. The number of nitrogens with one attached hydrogen (secondary N) is 1. The molecule has 1 unspecified atom stereocenters. The van der Waals surface area contributed by atoms with Crippen LogP contribution in [0.2, 0.25) is 0 Å². The van der Waals surface area contributed by atoms with Crippen molar-refractivity contribution in [2.45, 2.75) is 38.8 Å². The molecule has 0 spiro atoms. The van der Waals surface area contributed by atoms with E-state index in [0.29, 0.717) is 17.9 Å². The van der Waals surface area contributed by atoms with Gasteiger partial charge in [0.25, 0.3) is 5.56 Å². The van der Waals surface area contributed by atoms with Crippen LogP contribution in [-0.4, -0.2) is 43.2 Å². The molecule has 3 rings (SSSR count). The molecule has 0 amide bonds. The van der Waals surface area contributed by atoms with E-state index in [0.717, 1.165) is 18.5 Å². The molecule has 7 heteroatoms. The van der Waals surface area contributed by atoms with Gasteiger partial charge in [0.2, 0.25) is 0 Å². The van der Waals surface area contributed by atoms with Crippen LogP contribution in [0.25, 0.3) is 0 Å².